The Hall–Kier alpha value is -1.78. The summed E-state index contributed by atoms with van der Waals surface area (Å²) in [5.41, 5.74) is 2.12. The van der Waals surface area contributed by atoms with Crippen LogP contribution < -0.4 is 5.56 Å². The second kappa shape index (κ2) is 5.69. The quantitative estimate of drug-likeness (QED) is 0.921. The van der Waals surface area contributed by atoms with E-state index >= 15 is 0 Å². The SMILES string of the molecule is O=c1cccc2n1C[C@@H]1C[C@H]2CN(Cc2cc(Cl)ccc2O)C1. The van der Waals surface area contributed by atoms with E-state index in [2.05, 4.69) is 11.0 Å². The molecule has 23 heavy (non-hydrogen) atoms. The smallest absolute Gasteiger partial charge is 0.250 e. The molecule has 2 aliphatic rings. The topological polar surface area (TPSA) is 45.5 Å². The number of nitrogens with zero attached hydrogens (tertiary/aromatic N) is 2. The van der Waals surface area contributed by atoms with E-state index in [1.54, 1.807) is 18.2 Å². The number of hydrogen-bond donors (Lipinski definition) is 1. The van der Waals surface area contributed by atoms with E-state index < -0.39 is 0 Å². The van der Waals surface area contributed by atoms with Gasteiger partial charge in [-0.05, 0) is 36.6 Å². The van der Waals surface area contributed by atoms with Crippen molar-refractivity contribution in [2.75, 3.05) is 13.1 Å². The second-order valence-electron chi connectivity index (χ2n) is 6.67. The number of piperidine rings is 1. The number of phenols is 1. The van der Waals surface area contributed by atoms with E-state index in [4.69, 9.17) is 11.6 Å². The summed E-state index contributed by atoms with van der Waals surface area (Å²) in [7, 11) is 0. The zero-order valence-electron chi connectivity index (χ0n) is 12.8. The molecule has 0 aliphatic carbocycles. The molecule has 2 bridgehead atoms. The number of benzene rings is 1. The Morgan fingerprint density at radius 3 is 2.91 bits per heavy atom. The number of halogens is 1. The molecule has 0 saturated carbocycles. The maximum absolute atomic E-state index is 12.1. The van der Waals surface area contributed by atoms with Crippen molar-refractivity contribution in [2.45, 2.75) is 25.4 Å². The Balaban J connectivity index is 1.59. The Bertz CT molecular complexity index is 802. The molecule has 1 aromatic heterocycles. The van der Waals surface area contributed by atoms with Crippen molar-refractivity contribution in [3.63, 3.8) is 0 Å². The first-order valence-corrected chi connectivity index (χ1v) is 8.37. The van der Waals surface area contributed by atoms with Crippen LogP contribution in [0.5, 0.6) is 5.75 Å². The molecule has 3 heterocycles. The minimum Gasteiger partial charge on any atom is -0.508 e. The zero-order chi connectivity index (χ0) is 16.0. The Kier molecular flexibility index (Phi) is 3.66. The number of phenolic OH excluding ortho intramolecular Hbond substituents is 1. The largest absolute Gasteiger partial charge is 0.508 e. The van der Waals surface area contributed by atoms with Crippen molar-refractivity contribution in [3.05, 3.63) is 63.0 Å². The third-order valence-electron chi connectivity index (χ3n) is 4.99. The summed E-state index contributed by atoms with van der Waals surface area (Å²) < 4.78 is 1.94. The van der Waals surface area contributed by atoms with E-state index in [0.717, 1.165) is 37.3 Å². The minimum absolute atomic E-state index is 0.109. The molecule has 1 saturated heterocycles. The van der Waals surface area contributed by atoms with Crippen LogP contribution in [0.25, 0.3) is 0 Å². The lowest BCUT2D eigenvalue weighted by Gasteiger charge is -2.42. The van der Waals surface area contributed by atoms with Crippen LogP contribution in [0.2, 0.25) is 5.02 Å². The maximum atomic E-state index is 12.1. The van der Waals surface area contributed by atoms with Crippen molar-refractivity contribution in [3.8, 4) is 5.75 Å². The van der Waals surface area contributed by atoms with Crippen molar-refractivity contribution < 1.29 is 5.11 Å². The van der Waals surface area contributed by atoms with Gasteiger partial charge in [-0.3, -0.25) is 9.69 Å². The minimum atomic E-state index is 0.109. The first-order valence-electron chi connectivity index (χ1n) is 7.99. The van der Waals surface area contributed by atoms with Crippen LogP contribution >= 0.6 is 11.6 Å². The molecule has 1 aromatic carbocycles. The normalized spacial score (nSPS) is 23.5. The molecule has 4 nitrogen and oxygen atoms in total. The number of hydrogen-bond acceptors (Lipinski definition) is 3. The summed E-state index contributed by atoms with van der Waals surface area (Å²) in [4.78, 5) is 14.4. The fourth-order valence-electron chi connectivity index (χ4n) is 4.05. The molecule has 2 aliphatic heterocycles. The third kappa shape index (κ3) is 2.77. The number of pyridine rings is 1. The summed E-state index contributed by atoms with van der Waals surface area (Å²) in [5.74, 6) is 1.17. The van der Waals surface area contributed by atoms with Crippen LogP contribution in [-0.2, 0) is 13.1 Å². The van der Waals surface area contributed by atoms with Crippen molar-refractivity contribution >= 4 is 11.6 Å². The number of likely N-dealkylation sites (tertiary alicyclic amines) is 1. The van der Waals surface area contributed by atoms with Gasteiger partial charge in [0.2, 0.25) is 0 Å². The molecule has 0 radical (unpaired) electrons. The van der Waals surface area contributed by atoms with Crippen molar-refractivity contribution in [1.82, 2.24) is 9.47 Å². The van der Waals surface area contributed by atoms with Gasteiger partial charge >= 0.3 is 0 Å². The van der Waals surface area contributed by atoms with Gasteiger partial charge in [-0.2, -0.15) is 0 Å². The average Bonchev–Trinajstić information content (AvgIpc) is 2.52. The van der Waals surface area contributed by atoms with Crippen LogP contribution in [0.15, 0.2) is 41.2 Å². The monoisotopic (exact) mass is 330 g/mol. The molecule has 0 unspecified atom stereocenters. The van der Waals surface area contributed by atoms with Gasteiger partial charge in [0.15, 0.2) is 0 Å². The predicted molar refractivity (Wildman–Crippen MR) is 89.9 cm³/mol. The molecule has 2 aromatic rings. The molecule has 2 atom stereocenters. The summed E-state index contributed by atoms with van der Waals surface area (Å²) in [6.07, 6.45) is 1.14. The lowest BCUT2D eigenvalue weighted by Crippen LogP contribution is -2.46. The highest BCUT2D eigenvalue weighted by molar-refractivity contribution is 6.30. The highest BCUT2D eigenvalue weighted by atomic mass is 35.5. The lowest BCUT2D eigenvalue weighted by atomic mass is 9.83. The number of aromatic hydroxyl groups is 1. The van der Waals surface area contributed by atoms with Crippen molar-refractivity contribution in [1.29, 1.82) is 0 Å². The fourth-order valence-corrected chi connectivity index (χ4v) is 4.24. The number of fused-ring (bicyclic) bond motifs is 4. The Morgan fingerprint density at radius 1 is 1.17 bits per heavy atom. The second-order valence-corrected chi connectivity index (χ2v) is 7.10. The first-order chi connectivity index (χ1) is 11.1. The van der Waals surface area contributed by atoms with Gasteiger partial charge in [0, 0.05) is 54.4 Å². The molecule has 5 heteroatoms. The van der Waals surface area contributed by atoms with E-state index in [0.29, 0.717) is 29.2 Å². The van der Waals surface area contributed by atoms with Gasteiger partial charge in [0.1, 0.15) is 5.75 Å². The van der Waals surface area contributed by atoms with E-state index in [1.807, 2.05) is 16.7 Å². The molecule has 1 fully saturated rings. The molecular formula is C18H19ClN2O2. The lowest BCUT2D eigenvalue weighted by molar-refractivity contribution is 0.113. The molecular weight excluding hydrogens is 312 g/mol. The van der Waals surface area contributed by atoms with Crippen LogP contribution in [0, 0.1) is 5.92 Å². The molecule has 0 amide bonds. The van der Waals surface area contributed by atoms with Gasteiger partial charge in [0.05, 0.1) is 0 Å². The molecule has 1 N–H and O–H groups in total. The average molecular weight is 331 g/mol. The fraction of sp³-hybridized carbons (Fsp3) is 0.389. The zero-order valence-corrected chi connectivity index (χ0v) is 13.5. The summed E-state index contributed by atoms with van der Waals surface area (Å²) in [6, 6.07) is 10.8. The van der Waals surface area contributed by atoms with Gasteiger partial charge < -0.3 is 9.67 Å². The molecule has 4 rings (SSSR count). The van der Waals surface area contributed by atoms with Crippen LogP contribution in [-0.4, -0.2) is 27.7 Å². The van der Waals surface area contributed by atoms with Gasteiger partial charge in [-0.1, -0.05) is 17.7 Å². The highest BCUT2D eigenvalue weighted by Gasteiger charge is 2.34. The highest BCUT2D eigenvalue weighted by Crippen LogP contribution is 2.36. The summed E-state index contributed by atoms with van der Waals surface area (Å²) in [6.45, 7) is 3.34. The Labute approximate surface area is 139 Å². The van der Waals surface area contributed by atoms with Crippen molar-refractivity contribution in [2.24, 2.45) is 5.92 Å². The van der Waals surface area contributed by atoms with Crippen LogP contribution in [0.1, 0.15) is 23.6 Å². The van der Waals surface area contributed by atoms with Gasteiger partial charge in [-0.15, -0.1) is 0 Å². The van der Waals surface area contributed by atoms with Gasteiger partial charge in [0.25, 0.3) is 5.56 Å². The van der Waals surface area contributed by atoms with Crippen LogP contribution in [0.4, 0.5) is 0 Å². The van der Waals surface area contributed by atoms with E-state index in [9.17, 15) is 9.90 Å². The predicted octanol–water partition coefficient (Wildman–Crippen LogP) is 2.83. The summed E-state index contributed by atoms with van der Waals surface area (Å²) >= 11 is 6.05. The maximum Gasteiger partial charge on any atom is 0.250 e. The Morgan fingerprint density at radius 2 is 2.04 bits per heavy atom. The number of aromatic nitrogens is 1. The molecule has 120 valence electrons. The van der Waals surface area contributed by atoms with E-state index in [1.165, 1.54) is 0 Å². The standard InChI is InChI=1S/C18H19ClN2O2/c19-15-4-5-17(22)14(7-15)11-20-8-12-6-13(10-20)16-2-1-3-18(23)21(16)9-12/h1-5,7,12-13,22H,6,8-11H2/t12-,13+/m1/s1. The summed E-state index contributed by atoms with van der Waals surface area (Å²) in [5, 5.41) is 10.7. The third-order valence-corrected chi connectivity index (χ3v) is 5.23. The molecule has 0 spiro atoms. The van der Waals surface area contributed by atoms with Gasteiger partial charge in [-0.25, -0.2) is 0 Å². The van der Waals surface area contributed by atoms with Crippen LogP contribution in [0.3, 0.4) is 0 Å². The van der Waals surface area contributed by atoms with E-state index in [-0.39, 0.29) is 5.56 Å². The number of rotatable bonds is 2. The first kappa shape index (κ1) is 14.8.